The second-order valence-electron chi connectivity index (χ2n) is 3.22. The Morgan fingerprint density at radius 1 is 1.69 bits per heavy atom. The van der Waals surface area contributed by atoms with E-state index in [0.717, 1.165) is 4.48 Å². The van der Waals surface area contributed by atoms with Gasteiger partial charge >= 0.3 is 5.97 Å². The van der Waals surface area contributed by atoms with Gasteiger partial charge in [0.2, 0.25) is 0 Å². The summed E-state index contributed by atoms with van der Waals surface area (Å²) in [6.45, 7) is 8.00. The molecule has 0 unspecified atom stereocenters. The van der Waals surface area contributed by atoms with Gasteiger partial charge in [-0.1, -0.05) is 22.5 Å². The number of esters is 1. The summed E-state index contributed by atoms with van der Waals surface area (Å²) < 4.78 is 7.31. The Balaban J connectivity index is 3.06. The Morgan fingerprint density at radius 3 is 2.81 bits per heavy atom. The molecule has 0 saturated carbocycles. The summed E-state index contributed by atoms with van der Waals surface area (Å²) in [5.41, 5.74) is 5.98. The van der Waals surface area contributed by atoms with Gasteiger partial charge in [-0.15, -0.1) is 0 Å². The molecule has 5 nitrogen and oxygen atoms in total. The van der Waals surface area contributed by atoms with Crippen molar-refractivity contribution in [1.82, 2.24) is 9.55 Å². The highest BCUT2D eigenvalue weighted by molar-refractivity contribution is 9.11. The molecular formula is C10H14BrN3O2. The predicted molar refractivity (Wildman–Crippen MR) is 65.4 cm³/mol. The van der Waals surface area contributed by atoms with E-state index in [1.54, 1.807) is 18.4 Å². The fourth-order valence-corrected chi connectivity index (χ4v) is 1.55. The first kappa shape index (κ1) is 12.8. The molecule has 0 bridgehead atoms. The fraction of sp³-hybridized carbons (Fsp3) is 0.400. The zero-order valence-electron chi connectivity index (χ0n) is 9.29. The van der Waals surface area contributed by atoms with Crippen molar-refractivity contribution < 1.29 is 9.53 Å². The van der Waals surface area contributed by atoms with Crippen molar-refractivity contribution >= 4 is 27.7 Å². The molecule has 6 heteroatoms. The quantitative estimate of drug-likeness (QED) is 0.858. The molecule has 1 aromatic rings. The second-order valence-corrected chi connectivity index (χ2v) is 4.34. The Labute approximate surface area is 102 Å². The molecule has 0 spiro atoms. The summed E-state index contributed by atoms with van der Waals surface area (Å²) in [5.74, 6) is 0.458. The van der Waals surface area contributed by atoms with Gasteiger partial charge in [-0.3, -0.25) is 0 Å². The average molecular weight is 288 g/mol. The van der Waals surface area contributed by atoms with Gasteiger partial charge in [0.05, 0.1) is 13.2 Å². The van der Waals surface area contributed by atoms with E-state index in [0.29, 0.717) is 24.8 Å². The van der Waals surface area contributed by atoms with Crippen molar-refractivity contribution in [2.24, 2.45) is 0 Å². The number of ether oxygens (including phenoxy) is 1. The lowest BCUT2D eigenvalue weighted by molar-refractivity contribution is 0.0521. The van der Waals surface area contributed by atoms with Crippen molar-refractivity contribution in [2.45, 2.75) is 20.4 Å². The van der Waals surface area contributed by atoms with Crippen LogP contribution in [-0.2, 0) is 11.3 Å². The van der Waals surface area contributed by atoms with Crippen LogP contribution in [0, 0.1) is 6.92 Å². The highest BCUT2D eigenvalue weighted by Gasteiger charge is 2.19. The molecule has 1 rings (SSSR count). The molecule has 0 radical (unpaired) electrons. The van der Waals surface area contributed by atoms with E-state index in [-0.39, 0.29) is 5.69 Å². The molecule has 0 amide bonds. The molecule has 0 fully saturated rings. The van der Waals surface area contributed by atoms with Crippen LogP contribution in [0.3, 0.4) is 0 Å². The number of allylic oxidation sites excluding steroid dienone is 1. The van der Waals surface area contributed by atoms with E-state index in [9.17, 15) is 4.79 Å². The molecule has 0 atom stereocenters. The number of hydrogen-bond acceptors (Lipinski definition) is 4. The van der Waals surface area contributed by atoms with Gasteiger partial charge in [0.25, 0.3) is 0 Å². The number of halogens is 1. The van der Waals surface area contributed by atoms with Gasteiger partial charge in [-0.05, 0) is 13.8 Å². The lowest BCUT2D eigenvalue weighted by atomic mass is 10.4. The van der Waals surface area contributed by atoms with Crippen molar-refractivity contribution in [3.8, 4) is 0 Å². The fourth-order valence-electron chi connectivity index (χ4n) is 1.30. The van der Waals surface area contributed by atoms with Gasteiger partial charge < -0.3 is 15.0 Å². The topological polar surface area (TPSA) is 70.1 Å². The molecule has 2 N–H and O–H groups in total. The largest absolute Gasteiger partial charge is 0.461 e. The SMILES string of the molecule is C=C(Br)Cn1c(C)nc(C(=O)OCC)c1N. The number of imidazole rings is 1. The Morgan fingerprint density at radius 2 is 2.31 bits per heavy atom. The summed E-state index contributed by atoms with van der Waals surface area (Å²) in [5, 5.41) is 0. The maximum atomic E-state index is 11.5. The monoisotopic (exact) mass is 287 g/mol. The van der Waals surface area contributed by atoms with Crippen molar-refractivity contribution in [1.29, 1.82) is 0 Å². The molecule has 1 aromatic heterocycles. The van der Waals surface area contributed by atoms with E-state index in [1.807, 2.05) is 0 Å². The molecule has 0 aliphatic heterocycles. The molecule has 16 heavy (non-hydrogen) atoms. The number of hydrogen-bond donors (Lipinski definition) is 1. The van der Waals surface area contributed by atoms with Crippen LogP contribution < -0.4 is 5.73 Å². The zero-order chi connectivity index (χ0) is 12.3. The Hall–Kier alpha value is -1.30. The zero-order valence-corrected chi connectivity index (χ0v) is 10.9. The van der Waals surface area contributed by atoms with Gasteiger partial charge in [0.1, 0.15) is 11.6 Å². The van der Waals surface area contributed by atoms with Gasteiger partial charge in [-0.2, -0.15) is 0 Å². The van der Waals surface area contributed by atoms with E-state index in [4.69, 9.17) is 10.5 Å². The average Bonchev–Trinajstić information content (AvgIpc) is 2.45. The van der Waals surface area contributed by atoms with Crippen LogP contribution in [-0.4, -0.2) is 22.1 Å². The first-order valence-corrected chi connectivity index (χ1v) is 5.59. The summed E-state index contributed by atoms with van der Waals surface area (Å²) >= 11 is 3.24. The number of carbonyl (C=O) groups is 1. The van der Waals surface area contributed by atoms with Crippen LogP contribution in [0.2, 0.25) is 0 Å². The summed E-state index contributed by atoms with van der Waals surface area (Å²) in [7, 11) is 0. The maximum Gasteiger partial charge on any atom is 0.360 e. The highest BCUT2D eigenvalue weighted by atomic mass is 79.9. The standard InChI is InChI=1S/C10H14BrN3O2/c1-4-16-10(15)8-9(12)14(5-6(2)11)7(3)13-8/h2,4-5,12H2,1,3H3. The summed E-state index contributed by atoms with van der Waals surface area (Å²) in [4.78, 5) is 15.6. The molecule has 88 valence electrons. The van der Waals surface area contributed by atoms with Crippen LogP contribution in [0.15, 0.2) is 11.1 Å². The first-order chi connectivity index (χ1) is 7.47. The molecule has 0 aliphatic rings. The number of anilines is 1. The first-order valence-electron chi connectivity index (χ1n) is 4.80. The van der Waals surface area contributed by atoms with E-state index < -0.39 is 5.97 Å². The molecule has 1 heterocycles. The predicted octanol–water partition coefficient (Wildman–Crippen LogP) is 1.86. The van der Waals surface area contributed by atoms with Crippen molar-refractivity contribution in [2.75, 3.05) is 12.3 Å². The van der Waals surface area contributed by atoms with Crippen LogP contribution in [0.5, 0.6) is 0 Å². The van der Waals surface area contributed by atoms with Crippen LogP contribution in [0.25, 0.3) is 0 Å². The minimum absolute atomic E-state index is 0.160. The summed E-state index contributed by atoms with van der Waals surface area (Å²) in [6, 6.07) is 0. The van der Waals surface area contributed by atoms with E-state index >= 15 is 0 Å². The number of nitrogens with two attached hydrogens (primary N) is 1. The van der Waals surface area contributed by atoms with Gasteiger partial charge in [-0.25, -0.2) is 9.78 Å². The number of rotatable bonds is 4. The number of nitrogen functional groups attached to an aromatic ring is 1. The van der Waals surface area contributed by atoms with Crippen LogP contribution in [0.1, 0.15) is 23.2 Å². The molecule has 0 aliphatic carbocycles. The van der Waals surface area contributed by atoms with Crippen LogP contribution in [0.4, 0.5) is 5.82 Å². The molecule has 0 aromatic carbocycles. The lowest BCUT2D eigenvalue weighted by Gasteiger charge is -2.05. The third-order valence-electron chi connectivity index (χ3n) is 2.00. The van der Waals surface area contributed by atoms with Crippen molar-refractivity contribution in [3.05, 3.63) is 22.6 Å². The number of carbonyl (C=O) groups excluding carboxylic acids is 1. The second kappa shape index (κ2) is 5.16. The maximum absolute atomic E-state index is 11.5. The normalized spacial score (nSPS) is 10.2. The third-order valence-corrected chi connectivity index (χ3v) is 2.25. The Kier molecular flexibility index (Phi) is 4.12. The third kappa shape index (κ3) is 2.63. The van der Waals surface area contributed by atoms with Gasteiger partial charge in [0.15, 0.2) is 5.69 Å². The Bertz CT molecular complexity index is 426. The van der Waals surface area contributed by atoms with Crippen molar-refractivity contribution in [3.63, 3.8) is 0 Å². The van der Waals surface area contributed by atoms with E-state index in [1.165, 1.54) is 0 Å². The lowest BCUT2D eigenvalue weighted by Crippen LogP contribution is -2.10. The molecule has 0 saturated heterocycles. The smallest absolute Gasteiger partial charge is 0.360 e. The molecular weight excluding hydrogens is 274 g/mol. The van der Waals surface area contributed by atoms with E-state index in [2.05, 4.69) is 27.5 Å². The number of aryl methyl sites for hydroxylation is 1. The van der Waals surface area contributed by atoms with Gasteiger partial charge in [0, 0.05) is 4.48 Å². The minimum atomic E-state index is -0.498. The van der Waals surface area contributed by atoms with Crippen LogP contribution >= 0.6 is 15.9 Å². The minimum Gasteiger partial charge on any atom is -0.461 e. The number of aromatic nitrogens is 2. The number of nitrogens with zero attached hydrogens (tertiary/aromatic N) is 2. The highest BCUT2D eigenvalue weighted by Crippen LogP contribution is 2.18. The summed E-state index contributed by atoms with van der Waals surface area (Å²) in [6.07, 6.45) is 0.